The number of nitrogens with one attached hydrogen (secondary N) is 1. The molecule has 1 saturated carbocycles. The Morgan fingerprint density at radius 3 is 2.75 bits per heavy atom. The van der Waals surface area contributed by atoms with Crippen LogP contribution in [0.3, 0.4) is 0 Å². The fourth-order valence-corrected chi connectivity index (χ4v) is 1.92. The van der Waals surface area contributed by atoms with E-state index in [-0.39, 0.29) is 5.56 Å². The van der Waals surface area contributed by atoms with Crippen LogP contribution in [-0.4, -0.2) is 10.6 Å². The van der Waals surface area contributed by atoms with E-state index in [1.54, 1.807) is 10.6 Å². The Labute approximate surface area is 96.5 Å². The molecule has 1 aliphatic rings. The normalized spacial score (nSPS) is 19.2. The van der Waals surface area contributed by atoms with E-state index in [2.05, 4.69) is 19.2 Å². The number of hydrogen-bond donors (Lipinski definition) is 1. The first-order chi connectivity index (χ1) is 7.55. The van der Waals surface area contributed by atoms with Crippen LogP contribution >= 0.6 is 0 Å². The maximum atomic E-state index is 11.4. The van der Waals surface area contributed by atoms with E-state index >= 15 is 0 Å². The Morgan fingerprint density at radius 2 is 2.19 bits per heavy atom. The topological polar surface area (TPSA) is 34.0 Å². The number of nitrogens with zero attached hydrogens (tertiary/aromatic N) is 1. The van der Waals surface area contributed by atoms with Crippen molar-refractivity contribution in [3.63, 3.8) is 0 Å². The molecule has 3 nitrogen and oxygen atoms in total. The van der Waals surface area contributed by atoms with Gasteiger partial charge < -0.3 is 9.88 Å². The highest BCUT2D eigenvalue weighted by Gasteiger charge is 2.42. The van der Waals surface area contributed by atoms with Crippen LogP contribution in [0.25, 0.3) is 0 Å². The van der Waals surface area contributed by atoms with E-state index in [1.807, 2.05) is 19.2 Å². The van der Waals surface area contributed by atoms with Crippen molar-refractivity contribution in [1.82, 2.24) is 4.57 Å². The van der Waals surface area contributed by atoms with E-state index < -0.39 is 0 Å². The Kier molecular flexibility index (Phi) is 2.78. The summed E-state index contributed by atoms with van der Waals surface area (Å²) in [5, 5.41) is 3.49. The van der Waals surface area contributed by atoms with E-state index in [4.69, 9.17) is 0 Å². The van der Waals surface area contributed by atoms with Crippen molar-refractivity contribution in [2.75, 3.05) is 5.32 Å². The zero-order valence-corrected chi connectivity index (χ0v) is 10.3. The van der Waals surface area contributed by atoms with Crippen LogP contribution < -0.4 is 10.9 Å². The predicted molar refractivity (Wildman–Crippen MR) is 66.8 cm³/mol. The summed E-state index contributed by atoms with van der Waals surface area (Å²) >= 11 is 0. The number of hydrogen-bond acceptors (Lipinski definition) is 2. The molecule has 1 N–H and O–H groups in total. The van der Waals surface area contributed by atoms with Gasteiger partial charge in [-0.05, 0) is 38.2 Å². The molecule has 1 aromatic rings. The van der Waals surface area contributed by atoms with Crippen LogP contribution in [0.15, 0.2) is 23.1 Å². The molecule has 1 fully saturated rings. The van der Waals surface area contributed by atoms with Crippen molar-refractivity contribution in [3.05, 3.63) is 28.7 Å². The van der Waals surface area contributed by atoms with Crippen molar-refractivity contribution < 1.29 is 0 Å². The summed E-state index contributed by atoms with van der Waals surface area (Å²) in [7, 11) is 0. The zero-order valence-electron chi connectivity index (χ0n) is 10.3. The second-order valence-corrected chi connectivity index (χ2v) is 5.06. The fourth-order valence-electron chi connectivity index (χ4n) is 1.92. The molecular formula is C13H20N2O. The molecule has 2 rings (SSSR count). The minimum atomic E-state index is 0.0679. The smallest absolute Gasteiger partial charge is 0.250 e. The van der Waals surface area contributed by atoms with Crippen molar-refractivity contribution in [3.8, 4) is 0 Å². The number of rotatable bonds is 4. The van der Waals surface area contributed by atoms with Crippen molar-refractivity contribution in [2.45, 2.75) is 46.2 Å². The molecule has 1 unspecified atom stereocenters. The van der Waals surface area contributed by atoms with Gasteiger partial charge >= 0.3 is 0 Å². The van der Waals surface area contributed by atoms with Gasteiger partial charge in [-0.2, -0.15) is 0 Å². The average molecular weight is 220 g/mol. The van der Waals surface area contributed by atoms with Crippen LogP contribution in [0, 0.1) is 5.41 Å². The molecular weight excluding hydrogens is 200 g/mol. The van der Waals surface area contributed by atoms with Gasteiger partial charge in [0, 0.05) is 24.8 Å². The third kappa shape index (κ3) is 2.13. The number of aromatic nitrogens is 1. The quantitative estimate of drug-likeness (QED) is 0.845. The van der Waals surface area contributed by atoms with E-state index in [0.717, 1.165) is 12.2 Å². The largest absolute Gasteiger partial charge is 0.381 e. The second kappa shape index (κ2) is 3.96. The summed E-state index contributed by atoms with van der Waals surface area (Å²) in [4.78, 5) is 11.4. The Balaban J connectivity index is 2.12. The highest BCUT2D eigenvalue weighted by atomic mass is 16.1. The highest BCUT2D eigenvalue weighted by Crippen LogP contribution is 2.48. The Morgan fingerprint density at radius 1 is 1.50 bits per heavy atom. The summed E-state index contributed by atoms with van der Waals surface area (Å²) in [6, 6.07) is 3.97. The van der Waals surface area contributed by atoms with Gasteiger partial charge in [-0.3, -0.25) is 4.79 Å². The maximum absolute atomic E-state index is 11.4. The monoisotopic (exact) mass is 220 g/mol. The minimum absolute atomic E-state index is 0.0679. The summed E-state index contributed by atoms with van der Waals surface area (Å²) in [6.07, 6.45) is 4.51. The zero-order chi connectivity index (χ0) is 11.8. The van der Waals surface area contributed by atoms with Crippen LogP contribution in [0.4, 0.5) is 5.69 Å². The van der Waals surface area contributed by atoms with Crippen LogP contribution in [0.1, 0.15) is 33.6 Å². The summed E-state index contributed by atoms with van der Waals surface area (Å²) < 4.78 is 1.73. The third-order valence-corrected chi connectivity index (χ3v) is 3.79. The predicted octanol–water partition coefficient (Wildman–Crippen LogP) is 2.47. The Hall–Kier alpha value is -1.25. The van der Waals surface area contributed by atoms with E-state index in [1.165, 1.54) is 12.8 Å². The second-order valence-electron chi connectivity index (χ2n) is 5.06. The third-order valence-electron chi connectivity index (χ3n) is 3.79. The standard InChI is InChI=1S/C13H20N2O/c1-4-15-9-11(5-6-12(15)16)14-10(2)13(3)7-8-13/h5-6,9-10,14H,4,7-8H2,1-3H3. The van der Waals surface area contributed by atoms with Gasteiger partial charge in [-0.25, -0.2) is 0 Å². The van der Waals surface area contributed by atoms with Gasteiger partial charge in [-0.1, -0.05) is 6.92 Å². The van der Waals surface area contributed by atoms with Crippen LogP contribution in [0.5, 0.6) is 0 Å². The molecule has 3 heteroatoms. The van der Waals surface area contributed by atoms with Gasteiger partial charge in [0.15, 0.2) is 0 Å². The number of anilines is 1. The van der Waals surface area contributed by atoms with Crippen LogP contribution in [-0.2, 0) is 6.54 Å². The van der Waals surface area contributed by atoms with Gasteiger partial charge in [0.05, 0.1) is 5.69 Å². The lowest BCUT2D eigenvalue weighted by molar-refractivity contribution is 0.493. The molecule has 0 radical (unpaired) electrons. The molecule has 0 saturated heterocycles. The molecule has 0 bridgehead atoms. The summed E-state index contributed by atoms with van der Waals surface area (Å²) in [6.45, 7) is 7.23. The van der Waals surface area contributed by atoms with Crippen molar-refractivity contribution in [2.24, 2.45) is 5.41 Å². The maximum Gasteiger partial charge on any atom is 0.250 e. The lowest BCUT2D eigenvalue weighted by atomic mass is 10.0. The van der Waals surface area contributed by atoms with Gasteiger partial charge in [-0.15, -0.1) is 0 Å². The van der Waals surface area contributed by atoms with Crippen molar-refractivity contribution in [1.29, 1.82) is 0 Å². The lowest BCUT2D eigenvalue weighted by Crippen LogP contribution is -2.26. The van der Waals surface area contributed by atoms with Gasteiger partial charge in [0.2, 0.25) is 0 Å². The first-order valence-electron chi connectivity index (χ1n) is 6.02. The summed E-state index contributed by atoms with van der Waals surface area (Å²) in [5.41, 5.74) is 1.56. The molecule has 1 atom stereocenters. The van der Waals surface area contributed by atoms with Crippen molar-refractivity contribution >= 4 is 5.69 Å². The fraction of sp³-hybridized carbons (Fsp3) is 0.615. The first kappa shape index (κ1) is 11.2. The molecule has 0 aliphatic heterocycles. The molecule has 1 aliphatic carbocycles. The average Bonchev–Trinajstić information content (AvgIpc) is 3.01. The summed E-state index contributed by atoms with van der Waals surface area (Å²) in [5.74, 6) is 0. The molecule has 1 aromatic heterocycles. The van der Waals surface area contributed by atoms with E-state index in [0.29, 0.717) is 11.5 Å². The van der Waals surface area contributed by atoms with E-state index in [9.17, 15) is 4.79 Å². The first-order valence-corrected chi connectivity index (χ1v) is 6.02. The SMILES string of the molecule is CCn1cc(NC(C)C2(C)CC2)ccc1=O. The number of pyridine rings is 1. The molecule has 88 valence electrons. The minimum Gasteiger partial charge on any atom is -0.381 e. The van der Waals surface area contributed by atoms with Gasteiger partial charge in [0.25, 0.3) is 5.56 Å². The highest BCUT2D eigenvalue weighted by molar-refractivity contribution is 5.42. The molecule has 0 aromatic carbocycles. The lowest BCUT2D eigenvalue weighted by Gasteiger charge is -2.21. The Bertz CT molecular complexity index is 432. The van der Waals surface area contributed by atoms with Gasteiger partial charge in [0.1, 0.15) is 0 Å². The molecule has 0 amide bonds. The molecule has 0 spiro atoms. The molecule has 16 heavy (non-hydrogen) atoms. The molecule has 1 heterocycles. The van der Waals surface area contributed by atoms with Crippen LogP contribution in [0.2, 0.25) is 0 Å². The number of aryl methyl sites for hydroxylation is 1.